The van der Waals surface area contributed by atoms with E-state index in [-0.39, 0.29) is 11.8 Å². The second-order valence-electron chi connectivity index (χ2n) is 8.12. The highest BCUT2D eigenvalue weighted by atomic mass is 16.5. The summed E-state index contributed by atoms with van der Waals surface area (Å²) in [6.45, 7) is 3.96. The number of amides is 1. The Bertz CT molecular complexity index is 1150. The molecule has 0 spiro atoms. The molecule has 9 heteroatoms. The predicted molar refractivity (Wildman–Crippen MR) is 120 cm³/mol. The zero-order valence-electron chi connectivity index (χ0n) is 18.5. The van der Waals surface area contributed by atoms with Gasteiger partial charge < -0.3 is 19.7 Å². The molecule has 32 heavy (non-hydrogen) atoms. The minimum absolute atomic E-state index is 0.0804. The van der Waals surface area contributed by atoms with Gasteiger partial charge >= 0.3 is 0 Å². The molecule has 1 unspecified atom stereocenters. The molecule has 4 heterocycles. The Morgan fingerprint density at radius 3 is 2.47 bits per heavy atom. The topological polar surface area (TPSA) is 94.4 Å². The molecule has 1 fully saturated rings. The fraction of sp³-hybridized carbons (Fsp3) is 0.391. The van der Waals surface area contributed by atoms with Crippen LogP contribution in [0.1, 0.15) is 42.0 Å². The fourth-order valence-corrected chi connectivity index (χ4v) is 4.63. The molecule has 0 aliphatic carbocycles. The lowest BCUT2D eigenvalue weighted by atomic mass is 9.85. The maximum absolute atomic E-state index is 12.7. The summed E-state index contributed by atoms with van der Waals surface area (Å²) >= 11 is 0. The number of hydrogen-bond donors (Lipinski definition) is 1. The summed E-state index contributed by atoms with van der Waals surface area (Å²) in [5.41, 5.74) is 2.70. The number of nitrogens with zero attached hydrogens (tertiary/aromatic N) is 5. The Hall–Kier alpha value is -3.62. The molecule has 1 aromatic carbocycles. The van der Waals surface area contributed by atoms with E-state index in [0.717, 1.165) is 35.7 Å². The molecule has 0 bridgehead atoms. The van der Waals surface area contributed by atoms with Gasteiger partial charge in [0.1, 0.15) is 17.3 Å². The number of aryl methyl sites for hydroxylation is 1. The van der Waals surface area contributed by atoms with E-state index in [0.29, 0.717) is 29.6 Å². The molecule has 2 aromatic heterocycles. The number of nitrogens with one attached hydrogen (secondary N) is 1. The molecule has 1 amide bonds. The standard InChI is InChI=1S/C23H26N6O3/c1-14-22-17(16-7-6-15(31-2)12-18(16)32-3)13-21(30)24-23(22)29(27-14)20-9-8-19(25-26-20)28-10-4-5-11-28/h6-9,12,17H,4-5,10-11,13H2,1-3H3,(H,24,30). The number of rotatable bonds is 5. The molecule has 1 atom stereocenters. The van der Waals surface area contributed by atoms with Crippen LogP contribution in [0.2, 0.25) is 0 Å². The van der Waals surface area contributed by atoms with E-state index in [4.69, 9.17) is 14.6 Å². The van der Waals surface area contributed by atoms with Crippen molar-refractivity contribution in [3.05, 3.63) is 47.2 Å². The highest BCUT2D eigenvalue weighted by molar-refractivity contribution is 5.95. The van der Waals surface area contributed by atoms with Crippen molar-refractivity contribution in [1.29, 1.82) is 0 Å². The number of carbonyl (C=O) groups excluding carboxylic acids is 1. The third-order valence-electron chi connectivity index (χ3n) is 6.20. The highest BCUT2D eigenvalue weighted by Gasteiger charge is 2.34. The predicted octanol–water partition coefficient (Wildman–Crippen LogP) is 3.06. The summed E-state index contributed by atoms with van der Waals surface area (Å²) in [5, 5.41) is 16.5. The Balaban J connectivity index is 1.55. The van der Waals surface area contributed by atoms with E-state index in [1.807, 2.05) is 37.3 Å². The van der Waals surface area contributed by atoms with Crippen molar-refractivity contribution in [2.24, 2.45) is 0 Å². The van der Waals surface area contributed by atoms with Crippen LogP contribution in [0.5, 0.6) is 11.5 Å². The second kappa shape index (κ2) is 8.14. The van der Waals surface area contributed by atoms with Crippen molar-refractivity contribution < 1.29 is 14.3 Å². The highest BCUT2D eigenvalue weighted by Crippen LogP contribution is 2.43. The average Bonchev–Trinajstić information content (AvgIpc) is 3.47. The lowest BCUT2D eigenvalue weighted by Gasteiger charge is -2.25. The zero-order chi connectivity index (χ0) is 22.2. The lowest BCUT2D eigenvalue weighted by molar-refractivity contribution is -0.116. The summed E-state index contributed by atoms with van der Waals surface area (Å²) in [5.74, 6) is 3.18. The molecule has 1 N–H and O–H groups in total. The maximum atomic E-state index is 12.7. The van der Waals surface area contributed by atoms with Crippen LogP contribution >= 0.6 is 0 Å². The van der Waals surface area contributed by atoms with E-state index in [2.05, 4.69) is 20.4 Å². The summed E-state index contributed by atoms with van der Waals surface area (Å²) in [7, 11) is 3.24. The quantitative estimate of drug-likeness (QED) is 0.659. The van der Waals surface area contributed by atoms with E-state index in [9.17, 15) is 4.79 Å². The summed E-state index contributed by atoms with van der Waals surface area (Å²) in [4.78, 5) is 14.9. The van der Waals surface area contributed by atoms with Crippen LogP contribution in [0.25, 0.3) is 5.82 Å². The molecule has 1 saturated heterocycles. The smallest absolute Gasteiger partial charge is 0.226 e. The molecule has 166 valence electrons. The Labute approximate surface area is 186 Å². The number of carbonyl (C=O) groups is 1. The minimum atomic E-state index is -0.190. The third kappa shape index (κ3) is 3.43. The number of methoxy groups -OCH3 is 2. The number of hydrogen-bond acceptors (Lipinski definition) is 7. The minimum Gasteiger partial charge on any atom is -0.497 e. The monoisotopic (exact) mass is 434 g/mol. The SMILES string of the molecule is COc1ccc(C2CC(=O)Nc3c2c(C)nn3-c2ccc(N3CCCC3)nn2)c(OC)c1. The van der Waals surface area contributed by atoms with Crippen LogP contribution in [0.15, 0.2) is 30.3 Å². The molecule has 2 aliphatic heterocycles. The van der Waals surface area contributed by atoms with E-state index in [1.54, 1.807) is 18.9 Å². The molecular weight excluding hydrogens is 408 g/mol. The lowest BCUT2D eigenvalue weighted by Crippen LogP contribution is -2.25. The van der Waals surface area contributed by atoms with Crippen LogP contribution in [-0.4, -0.2) is 53.2 Å². The van der Waals surface area contributed by atoms with Crippen LogP contribution in [-0.2, 0) is 4.79 Å². The Morgan fingerprint density at radius 2 is 1.78 bits per heavy atom. The van der Waals surface area contributed by atoms with Gasteiger partial charge in [-0.2, -0.15) is 9.78 Å². The molecule has 3 aromatic rings. The first-order chi connectivity index (χ1) is 15.6. The Morgan fingerprint density at radius 1 is 1.03 bits per heavy atom. The van der Waals surface area contributed by atoms with Gasteiger partial charge in [0.05, 0.1) is 19.9 Å². The molecule has 0 saturated carbocycles. The number of aromatic nitrogens is 4. The zero-order valence-corrected chi connectivity index (χ0v) is 18.5. The van der Waals surface area contributed by atoms with Crippen molar-refractivity contribution in [3.63, 3.8) is 0 Å². The maximum Gasteiger partial charge on any atom is 0.226 e. The number of ether oxygens (including phenoxy) is 2. The van der Waals surface area contributed by atoms with Crippen molar-refractivity contribution in [2.45, 2.75) is 32.1 Å². The van der Waals surface area contributed by atoms with Gasteiger partial charge in [0, 0.05) is 42.6 Å². The van der Waals surface area contributed by atoms with Crippen LogP contribution < -0.4 is 19.7 Å². The molecule has 5 rings (SSSR count). The van der Waals surface area contributed by atoms with Gasteiger partial charge in [0.2, 0.25) is 5.91 Å². The molecule has 2 aliphatic rings. The first-order valence-corrected chi connectivity index (χ1v) is 10.8. The average molecular weight is 435 g/mol. The third-order valence-corrected chi connectivity index (χ3v) is 6.20. The van der Waals surface area contributed by atoms with Gasteiger partial charge in [0.25, 0.3) is 0 Å². The van der Waals surface area contributed by atoms with Crippen molar-refractivity contribution in [2.75, 3.05) is 37.5 Å². The summed E-state index contributed by atoms with van der Waals surface area (Å²) in [6, 6.07) is 9.53. The van der Waals surface area contributed by atoms with Crippen molar-refractivity contribution >= 4 is 17.5 Å². The number of anilines is 2. The normalized spacial score (nSPS) is 17.8. The van der Waals surface area contributed by atoms with Gasteiger partial charge in [-0.15, -0.1) is 10.2 Å². The Kier molecular flexibility index (Phi) is 5.16. The van der Waals surface area contributed by atoms with Crippen LogP contribution in [0, 0.1) is 6.92 Å². The van der Waals surface area contributed by atoms with Gasteiger partial charge in [-0.25, -0.2) is 0 Å². The first kappa shape index (κ1) is 20.3. The van der Waals surface area contributed by atoms with E-state index < -0.39 is 0 Å². The van der Waals surface area contributed by atoms with Crippen LogP contribution in [0.4, 0.5) is 11.6 Å². The van der Waals surface area contributed by atoms with Gasteiger partial charge in [0.15, 0.2) is 11.6 Å². The number of benzene rings is 1. The molecule has 9 nitrogen and oxygen atoms in total. The van der Waals surface area contributed by atoms with Gasteiger partial charge in [-0.05, 0) is 38.0 Å². The van der Waals surface area contributed by atoms with Crippen molar-refractivity contribution in [1.82, 2.24) is 20.0 Å². The number of fused-ring (bicyclic) bond motifs is 1. The van der Waals surface area contributed by atoms with E-state index >= 15 is 0 Å². The fourth-order valence-electron chi connectivity index (χ4n) is 4.63. The molecular formula is C23H26N6O3. The van der Waals surface area contributed by atoms with E-state index in [1.165, 1.54) is 12.8 Å². The largest absolute Gasteiger partial charge is 0.497 e. The second-order valence-corrected chi connectivity index (χ2v) is 8.12. The molecule has 0 radical (unpaired) electrons. The van der Waals surface area contributed by atoms with Crippen molar-refractivity contribution in [3.8, 4) is 17.3 Å². The summed E-state index contributed by atoms with van der Waals surface area (Å²) in [6.07, 6.45) is 2.66. The summed E-state index contributed by atoms with van der Waals surface area (Å²) < 4.78 is 12.6. The van der Waals surface area contributed by atoms with Gasteiger partial charge in [-0.1, -0.05) is 6.07 Å². The van der Waals surface area contributed by atoms with Gasteiger partial charge in [-0.3, -0.25) is 4.79 Å². The first-order valence-electron chi connectivity index (χ1n) is 10.8. The van der Waals surface area contributed by atoms with Crippen LogP contribution in [0.3, 0.4) is 0 Å².